The van der Waals surface area contributed by atoms with Gasteiger partial charge < -0.3 is 5.32 Å². The summed E-state index contributed by atoms with van der Waals surface area (Å²) in [7, 11) is 0. The molecule has 1 aliphatic rings. The van der Waals surface area contributed by atoms with Crippen molar-refractivity contribution in [2.75, 3.05) is 11.9 Å². The van der Waals surface area contributed by atoms with Crippen LogP contribution in [-0.2, 0) is 9.59 Å². The third-order valence-corrected chi connectivity index (χ3v) is 4.67. The number of rotatable bonds is 4. The highest BCUT2D eigenvalue weighted by Crippen LogP contribution is 2.32. The van der Waals surface area contributed by atoms with Crippen LogP contribution in [0, 0.1) is 11.6 Å². The molecule has 2 aromatic rings. The minimum absolute atomic E-state index is 0.142. The highest BCUT2D eigenvalue weighted by atomic mass is 35.5. The van der Waals surface area contributed by atoms with Crippen molar-refractivity contribution in [2.45, 2.75) is 0 Å². The molecule has 0 spiro atoms. The molecular formula is C18H11ClF2N2O3S. The summed E-state index contributed by atoms with van der Waals surface area (Å²) in [6, 6.07) is 9.35. The Morgan fingerprint density at radius 2 is 1.96 bits per heavy atom. The molecule has 0 aliphatic carbocycles. The average Bonchev–Trinajstić information content (AvgIpc) is 2.85. The molecule has 1 saturated heterocycles. The Balaban J connectivity index is 1.71. The fraction of sp³-hybridized carbons (Fsp3) is 0.0556. The molecule has 0 atom stereocenters. The number of carbonyl (C=O) groups is 3. The minimum Gasteiger partial charge on any atom is -0.322 e. The van der Waals surface area contributed by atoms with Crippen molar-refractivity contribution < 1.29 is 23.2 Å². The van der Waals surface area contributed by atoms with Crippen LogP contribution in [0.5, 0.6) is 0 Å². The Morgan fingerprint density at radius 3 is 2.67 bits per heavy atom. The van der Waals surface area contributed by atoms with E-state index in [9.17, 15) is 23.2 Å². The summed E-state index contributed by atoms with van der Waals surface area (Å²) in [5.41, 5.74) is 0.383. The quantitative estimate of drug-likeness (QED) is 0.766. The van der Waals surface area contributed by atoms with E-state index in [-0.39, 0.29) is 10.6 Å². The van der Waals surface area contributed by atoms with Gasteiger partial charge in [-0.1, -0.05) is 23.7 Å². The molecule has 1 N–H and O–H groups in total. The molecule has 0 saturated carbocycles. The lowest BCUT2D eigenvalue weighted by atomic mass is 10.2. The van der Waals surface area contributed by atoms with Crippen molar-refractivity contribution in [3.63, 3.8) is 0 Å². The van der Waals surface area contributed by atoms with Gasteiger partial charge in [-0.15, -0.1) is 0 Å². The van der Waals surface area contributed by atoms with Crippen molar-refractivity contribution in [3.05, 3.63) is 69.6 Å². The largest absolute Gasteiger partial charge is 0.322 e. The van der Waals surface area contributed by atoms with Crippen LogP contribution < -0.4 is 5.32 Å². The van der Waals surface area contributed by atoms with Gasteiger partial charge in [-0.05, 0) is 47.7 Å². The Kier molecular flexibility index (Phi) is 5.57. The van der Waals surface area contributed by atoms with Crippen LogP contribution in [0.4, 0.5) is 19.3 Å². The number of amides is 3. The zero-order chi connectivity index (χ0) is 19.6. The number of benzene rings is 2. The molecule has 1 fully saturated rings. The first-order chi connectivity index (χ1) is 12.8. The maximum absolute atomic E-state index is 13.6. The number of thioether (sulfide) groups is 1. The van der Waals surface area contributed by atoms with Gasteiger partial charge in [0.1, 0.15) is 18.2 Å². The van der Waals surface area contributed by atoms with E-state index >= 15 is 0 Å². The molecule has 3 amide bonds. The number of hydrogen-bond donors (Lipinski definition) is 1. The number of anilines is 1. The van der Waals surface area contributed by atoms with Crippen LogP contribution in [-0.4, -0.2) is 28.5 Å². The smallest absolute Gasteiger partial charge is 0.294 e. The minimum atomic E-state index is -0.960. The van der Waals surface area contributed by atoms with E-state index < -0.39 is 35.2 Å². The summed E-state index contributed by atoms with van der Waals surface area (Å²) in [6.45, 7) is -0.589. The Morgan fingerprint density at radius 1 is 1.19 bits per heavy atom. The molecule has 0 aromatic heterocycles. The molecule has 0 unspecified atom stereocenters. The maximum atomic E-state index is 13.6. The van der Waals surface area contributed by atoms with E-state index in [2.05, 4.69) is 5.32 Å². The molecule has 0 radical (unpaired) electrons. The molecular weight excluding hydrogens is 398 g/mol. The molecule has 3 rings (SSSR count). The molecule has 5 nitrogen and oxygen atoms in total. The van der Waals surface area contributed by atoms with Gasteiger partial charge in [0, 0.05) is 11.1 Å². The maximum Gasteiger partial charge on any atom is 0.294 e. The normalized spacial score (nSPS) is 15.5. The second-order valence-corrected chi connectivity index (χ2v) is 6.92. The number of nitrogens with zero attached hydrogens (tertiary/aromatic N) is 1. The number of carbonyl (C=O) groups excluding carboxylic acids is 3. The van der Waals surface area contributed by atoms with E-state index in [0.717, 1.165) is 17.0 Å². The lowest BCUT2D eigenvalue weighted by Crippen LogP contribution is -2.36. The van der Waals surface area contributed by atoms with Crippen molar-refractivity contribution in [1.29, 1.82) is 0 Å². The predicted molar refractivity (Wildman–Crippen MR) is 99.1 cm³/mol. The monoisotopic (exact) mass is 408 g/mol. The average molecular weight is 409 g/mol. The van der Waals surface area contributed by atoms with Gasteiger partial charge >= 0.3 is 0 Å². The number of nitrogens with one attached hydrogen (secondary N) is 1. The number of imide groups is 1. The van der Waals surface area contributed by atoms with Crippen LogP contribution >= 0.6 is 23.4 Å². The first-order valence-corrected chi connectivity index (χ1v) is 8.79. The van der Waals surface area contributed by atoms with E-state index in [4.69, 9.17) is 11.6 Å². The van der Waals surface area contributed by atoms with Gasteiger partial charge in [0.15, 0.2) is 0 Å². The summed E-state index contributed by atoms with van der Waals surface area (Å²) in [5.74, 6) is -3.17. The predicted octanol–water partition coefficient (Wildman–Crippen LogP) is 4.29. The molecule has 0 bridgehead atoms. The van der Waals surface area contributed by atoms with Gasteiger partial charge in [-0.3, -0.25) is 19.3 Å². The van der Waals surface area contributed by atoms with Crippen molar-refractivity contribution >= 4 is 52.2 Å². The van der Waals surface area contributed by atoms with E-state index in [1.54, 1.807) is 24.3 Å². The molecule has 1 aliphatic heterocycles. The first-order valence-electron chi connectivity index (χ1n) is 7.59. The Hall–Kier alpha value is -2.71. The number of hydrogen-bond acceptors (Lipinski definition) is 4. The highest BCUT2D eigenvalue weighted by molar-refractivity contribution is 8.18. The molecule has 27 heavy (non-hydrogen) atoms. The van der Waals surface area contributed by atoms with E-state index in [1.165, 1.54) is 6.08 Å². The van der Waals surface area contributed by atoms with Crippen molar-refractivity contribution in [1.82, 2.24) is 4.90 Å². The van der Waals surface area contributed by atoms with Crippen LogP contribution in [0.3, 0.4) is 0 Å². The van der Waals surface area contributed by atoms with E-state index in [0.29, 0.717) is 28.4 Å². The summed E-state index contributed by atoms with van der Waals surface area (Å²) < 4.78 is 26.5. The van der Waals surface area contributed by atoms with Crippen molar-refractivity contribution in [2.24, 2.45) is 0 Å². The van der Waals surface area contributed by atoms with Gasteiger partial charge in [0.25, 0.3) is 11.1 Å². The highest BCUT2D eigenvalue weighted by Gasteiger charge is 2.36. The SMILES string of the molecule is O=C(CN1C(=O)SC(=Cc2cccc(Cl)c2)C1=O)Nc1ccc(F)cc1F. The third-order valence-electron chi connectivity index (χ3n) is 3.53. The lowest BCUT2D eigenvalue weighted by Gasteiger charge is -2.12. The lowest BCUT2D eigenvalue weighted by molar-refractivity contribution is -0.127. The third kappa shape index (κ3) is 4.53. The first kappa shape index (κ1) is 19.1. The van der Waals surface area contributed by atoms with Gasteiger partial charge in [0.2, 0.25) is 5.91 Å². The van der Waals surface area contributed by atoms with Crippen LogP contribution in [0.1, 0.15) is 5.56 Å². The molecule has 138 valence electrons. The second kappa shape index (κ2) is 7.89. The summed E-state index contributed by atoms with van der Waals surface area (Å²) in [5, 5.41) is 2.06. The fourth-order valence-corrected chi connectivity index (χ4v) is 3.35. The van der Waals surface area contributed by atoms with Gasteiger partial charge in [-0.2, -0.15) is 0 Å². The second-order valence-electron chi connectivity index (χ2n) is 5.50. The van der Waals surface area contributed by atoms with Gasteiger partial charge in [0.05, 0.1) is 10.6 Å². The Bertz CT molecular complexity index is 981. The summed E-state index contributed by atoms with van der Waals surface area (Å²) in [4.78, 5) is 37.4. The summed E-state index contributed by atoms with van der Waals surface area (Å²) in [6.07, 6.45) is 1.49. The molecule has 9 heteroatoms. The zero-order valence-corrected chi connectivity index (χ0v) is 15.1. The van der Waals surface area contributed by atoms with Crippen molar-refractivity contribution in [3.8, 4) is 0 Å². The van der Waals surface area contributed by atoms with Crippen LogP contribution in [0.2, 0.25) is 5.02 Å². The molecule has 1 heterocycles. The number of halogens is 3. The molecule has 2 aromatic carbocycles. The fourth-order valence-electron chi connectivity index (χ4n) is 2.31. The zero-order valence-electron chi connectivity index (χ0n) is 13.5. The van der Waals surface area contributed by atoms with E-state index in [1.807, 2.05) is 0 Å². The Labute approximate surface area is 162 Å². The van der Waals surface area contributed by atoms with Crippen LogP contribution in [0.15, 0.2) is 47.4 Å². The van der Waals surface area contributed by atoms with Gasteiger partial charge in [-0.25, -0.2) is 8.78 Å². The standard InChI is InChI=1S/C18H11ClF2N2O3S/c19-11-3-1-2-10(6-11)7-15-17(25)23(18(26)27-15)9-16(24)22-14-5-4-12(20)8-13(14)21/h1-8H,9H2,(H,22,24). The summed E-state index contributed by atoms with van der Waals surface area (Å²) >= 11 is 6.57. The topological polar surface area (TPSA) is 66.5 Å². The van der Waals surface area contributed by atoms with Crippen LogP contribution in [0.25, 0.3) is 6.08 Å².